The summed E-state index contributed by atoms with van der Waals surface area (Å²) >= 11 is 4.07. The molecule has 0 atom stereocenters. The van der Waals surface area contributed by atoms with Gasteiger partial charge >= 0.3 is 5.97 Å². The molecule has 7 heteroatoms. The predicted molar refractivity (Wildman–Crippen MR) is 70.5 cm³/mol. The third kappa shape index (κ3) is 5.18. The smallest absolute Gasteiger partial charge is 0.313 e. The van der Waals surface area contributed by atoms with Gasteiger partial charge in [-0.3, -0.25) is 14.9 Å². The number of carboxylic acid groups (broad SMARTS) is 1. The number of hydrogen-bond donors (Lipinski definition) is 1. The Hall–Kier alpha value is -1.08. The van der Waals surface area contributed by atoms with E-state index in [0.29, 0.717) is 9.37 Å². The summed E-state index contributed by atoms with van der Waals surface area (Å²) in [6.07, 6.45) is 0. The number of rotatable bonds is 4. The van der Waals surface area contributed by atoms with E-state index in [1.807, 2.05) is 13.8 Å². The molecule has 0 fully saturated rings. The van der Waals surface area contributed by atoms with E-state index in [0.717, 1.165) is 11.8 Å². The van der Waals surface area contributed by atoms with Crippen molar-refractivity contribution in [3.8, 4) is 0 Å². The number of halogens is 1. The van der Waals surface area contributed by atoms with Crippen molar-refractivity contribution in [1.29, 1.82) is 0 Å². The van der Waals surface area contributed by atoms with Crippen LogP contribution >= 0.6 is 27.7 Å². The molecule has 0 saturated carbocycles. The molecular weight excluding hydrogens is 310 g/mol. The van der Waals surface area contributed by atoms with Gasteiger partial charge in [0.2, 0.25) is 0 Å². The van der Waals surface area contributed by atoms with E-state index >= 15 is 0 Å². The second kappa shape index (κ2) is 8.08. The van der Waals surface area contributed by atoms with Crippen molar-refractivity contribution in [3.63, 3.8) is 0 Å². The quantitative estimate of drug-likeness (QED) is 0.521. The maximum Gasteiger partial charge on any atom is 0.313 e. The lowest BCUT2D eigenvalue weighted by Crippen LogP contribution is -1.99. The molecule has 0 saturated heterocycles. The fourth-order valence-corrected chi connectivity index (χ4v) is 2.38. The molecule has 1 aromatic carbocycles. The van der Waals surface area contributed by atoms with Gasteiger partial charge in [0.25, 0.3) is 5.69 Å². The van der Waals surface area contributed by atoms with Crippen LogP contribution in [0.5, 0.6) is 0 Å². The number of nitro groups is 1. The van der Waals surface area contributed by atoms with Crippen molar-refractivity contribution in [1.82, 2.24) is 0 Å². The zero-order valence-corrected chi connectivity index (χ0v) is 11.7. The Morgan fingerprint density at radius 1 is 1.53 bits per heavy atom. The number of thioether (sulfide) groups is 1. The molecule has 1 rings (SSSR count). The number of carboxylic acids is 1. The minimum Gasteiger partial charge on any atom is -0.481 e. The van der Waals surface area contributed by atoms with E-state index < -0.39 is 10.9 Å². The van der Waals surface area contributed by atoms with Gasteiger partial charge in [-0.15, -0.1) is 11.8 Å². The molecule has 17 heavy (non-hydrogen) atoms. The summed E-state index contributed by atoms with van der Waals surface area (Å²) in [7, 11) is 0. The molecule has 1 N–H and O–H groups in total. The first-order valence-corrected chi connectivity index (χ1v) is 6.57. The lowest BCUT2D eigenvalue weighted by molar-refractivity contribution is -0.387. The summed E-state index contributed by atoms with van der Waals surface area (Å²) in [5.74, 6) is -1.21. The highest BCUT2D eigenvalue weighted by atomic mass is 79.9. The summed E-state index contributed by atoms with van der Waals surface area (Å²) < 4.78 is 0.531. The molecule has 5 nitrogen and oxygen atoms in total. The Morgan fingerprint density at radius 2 is 2.12 bits per heavy atom. The minimum atomic E-state index is -1.01. The number of carbonyl (C=O) groups is 1. The monoisotopic (exact) mass is 321 g/mol. The van der Waals surface area contributed by atoms with Crippen molar-refractivity contribution in [2.75, 3.05) is 5.75 Å². The Morgan fingerprint density at radius 3 is 2.59 bits per heavy atom. The Bertz CT molecular complexity index is 411. The number of aliphatic carboxylic acids is 1. The highest BCUT2D eigenvalue weighted by molar-refractivity contribution is 9.10. The molecule has 0 radical (unpaired) electrons. The van der Waals surface area contributed by atoms with Gasteiger partial charge in [0.1, 0.15) is 0 Å². The second-order valence-electron chi connectivity index (χ2n) is 2.53. The molecule has 94 valence electrons. The van der Waals surface area contributed by atoms with Crippen LogP contribution < -0.4 is 0 Å². The Balaban J connectivity index is 0.00000121. The first-order chi connectivity index (χ1) is 8.02. The maximum absolute atomic E-state index is 10.6. The van der Waals surface area contributed by atoms with E-state index in [4.69, 9.17) is 5.11 Å². The van der Waals surface area contributed by atoms with Crippen LogP contribution in [0.2, 0.25) is 0 Å². The highest BCUT2D eigenvalue weighted by Crippen LogP contribution is 2.35. The van der Waals surface area contributed by atoms with E-state index in [-0.39, 0.29) is 11.4 Å². The van der Waals surface area contributed by atoms with Gasteiger partial charge in [-0.05, 0) is 22.0 Å². The van der Waals surface area contributed by atoms with E-state index in [1.165, 1.54) is 12.1 Å². The summed E-state index contributed by atoms with van der Waals surface area (Å²) in [4.78, 5) is 20.8. The van der Waals surface area contributed by atoms with Crippen LogP contribution in [0.15, 0.2) is 27.6 Å². The van der Waals surface area contributed by atoms with Gasteiger partial charge in [0.05, 0.1) is 15.6 Å². The average Bonchev–Trinajstić information content (AvgIpc) is 2.29. The molecule has 0 aromatic heterocycles. The first-order valence-electron chi connectivity index (χ1n) is 4.80. The number of nitro benzene ring substituents is 1. The molecule has 0 aliphatic carbocycles. The van der Waals surface area contributed by atoms with Crippen LogP contribution in [-0.4, -0.2) is 21.8 Å². The van der Waals surface area contributed by atoms with Crippen LogP contribution in [0, 0.1) is 10.1 Å². The standard InChI is InChI=1S/C8H6BrNO4S.C2H6/c9-5-2-1-3-6(10(13)14)8(5)15-4-7(11)12;1-2/h1-3H,4H2,(H,11,12);1-2H3. The normalized spacial score (nSPS) is 9.12. The third-order valence-electron chi connectivity index (χ3n) is 1.48. The third-order valence-corrected chi connectivity index (χ3v) is 3.52. The van der Waals surface area contributed by atoms with Gasteiger partial charge in [-0.25, -0.2) is 0 Å². The fraction of sp³-hybridized carbons (Fsp3) is 0.300. The fourth-order valence-electron chi connectivity index (χ4n) is 0.918. The van der Waals surface area contributed by atoms with Crippen LogP contribution in [0.25, 0.3) is 0 Å². The molecule has 0 heterocycles. The highest BCUT2D eigenvalue weighted by Gasteiger charge is 2.17. The molecule has 0 aliphatic rings. The van der Waals surface area contributed by atoms with Crippen LogP contribution in [0.4, 0.5) is 5.69 Å². The minimum absolute atomic E-state index is 0.0874. The van der Waals surface area contributed by atoms with Crippen molar-refractivity contribution in [3.05, 3.63) is 32.8 Å². The predicted octanol–water partition coefficient (Wildman–Crippen LogP) is 3.56. The number of nitrogens with zero attached hydrogens (tertiary/aromatic N) is 1. The van der Waals surface area contributed by atoms with E-state index in [1.54, 1.807) is 6.07 Å². The molecule has 0 spiro atoms. The first kappa shape index (κ1) is 15.9. The summed E-state index contributed by atoms with van der Waals surface area (Å²) in [6.45, 7) is 4.00. The summed E-state index contributed by atoms with van der Waals surface area (Å²) in [5.41, 5.74) is -0.0874. The maximum atomic E-state index is 10.6. The second-order valence-corrected chi connectivity index (χ2v) is 4.37. The van der Waals surface area contributed by atoms with Crippen molar-refractivity contribution in [2.45, 2.75) is 18.7 Å². The van der Waals surface area contributed by atoms with Crippen LogP contribution in [0.1, 0.15) is 13.8 Å². The molecule has 1 aromatic rings. The van der Waals surface area contributed by atoms with Crippen LogP contribution in [-0.2, 0) is 4.79 Å². The van der Waals surface area contributed by atoms with Crippen molar-refractivity contribution in [2.24, 2.45) is 0 Å². The molecule has 0 bridgehead atoms. The lowest BCUT2D eigenvalue weighted by Gasteiger charge is -2.02. The number of benzene rings is 1. The lowest BCUT2D eigenvalue weighted by atomic mass is 10.3. The van der Waals surface area contributed by atoms with Crippen LogP contribution in [0.3, 0.4) is 0 Å². The molecule has 0 unspecified atom stereocenters. The van der Waals surface area contributed by atoms with Gasteiger partial charge in [-0.1, -0.05) is 19.9 Å². The number of hydrogen-bond acceptors (Lipinski definition) is 4. The molecule has 0 amide bonds. The summed E-state index contributed by atoms with van der Waals surface area (Å²) in [5, 5.41) is 19.1. The Labute approximate surface area is 111 Å². The van der Waals surface area contributed by atoms with E-state index in [2.05, 4.69) is 15.9 Å². The average molecular weight is 322 g/mol. The Kier molecular flexibility index (Phi) is 7.56. The SMILES string of the molecule is CC.O=C(O)CSc1c(Br)cccc1[N+](=O)[O-]. The van der Waals surface area contributed by atoms with Gasteiger partial charge < -0.3 is 5.11 Å². The van der Waals surface area contributed by atoms with Crippen molar-refractivity contribution >= 4 is 39.3 Å². The van der Waals surface area contributed by atoms with Gasteiger partial charge in [0, 0.05) is 10.5 Å². The van der Waals surface area contributed by atoms with Gasteiger partial charge in [0.15, 0.2) is 0 Å². The van der Waals surface area contributed by atoms with E-state index in [9.17, 15) is 14.9 Å². The van der Waals surface area contributed by atoms with Crippen molar-refractivity contribution < 1.29 is 14.8 Å². The largest absolute Gasteiger partial charge is 0.481 e. The van der Waals surface area contributed by atoms with Gasteiger partial charge in [-0.2, -0.15) is 0 Å². The zero-order valence-electron chi connectivity index (χ0n) is 9.34. The summed E-state index contributed by atoms with van der Waals surface area (Å²) in [6, 6.07) is 4.51. The molecule has 0 aliphatic heterocycles. The topological polar surface area (TPSA) is 80.4 Å². The zero-order chi connectivity index (χ0) is 13.4. The molecular formula is C10H12BrNO4S.